The van der Waals surface area contributed by atoms with Gasteiger partial charge < -0.3 is 15.2 Å². The second-order valence-electron chi connectivity index (χ2n) is 4.97. The smallest absolute Gasteiger partial charge is 0.238 e. The lowest BCUT2D eigenvalue weighted by Crippen LogP contribution is -2.51. The first-order valence-corrected chi connectivity index (χ1v) is 7.39. The molecule has 1 aliphatic rings. The van der Waals surface area contributed by atoms with Gasteiger partial charge in [-0.05, 0) is 31.2 Å². The van der Waals surface area contributed by atoms with Gasteiger partial charge in [0.15, 0.2) is 0 Å². The minimum absolute atomic E-state index is 0.0163. The number of ether oxygens (including phenoxy) is 1. The molecule has 0 aliphatic carbocycles. The molecule has 1 heterocycles. The molecule has 0 spiro atoms. The number of rotatable bonds is 4. The van der Waals surface area contributed by atoms with E-state index in [1.807, 2.05) is 36.1 Å². The standard InChI is InChI=1S/C14H19BrN2O3/c1-10-9-20-13(8-18)6-17(10)7-14(19)16-12-4-2-11(15)3-5-12/h2-5,10,13,18H,6-9H2,1H3,(H,16,19). The first-order valence-electron chi connectivity index (χ1n) is 6.60. The number of amides is 1. The summed E-state index contributed by atoms with van der Waals surface area (Å²) in [5.41, 5.74) is 0.776. The van der Waals surface area contributed by atoms with Crippen LogP contribution in [0.5, 0.6) is 0 Å². The van der Waals surface area contributed by atoms with Crippen LogP contribution in [-0.2, 0) is 9.53 Å². The van der Waals surface area contributed by atoms with Crippen LogP contribution in [0.2, 0.25) is 0 Å². The monoisotopic (exact) mass is 342 g/mol. The highest BCUT2D eigenvalue weighted by Crippen LogP contribution is 2.15. The highest BCUT2D eigenvalue weighted by atomic mass is 79.9. The van der Waals surface area contributed by atoms with Gasteiger partial charge in [0.1, 0.15) is 0 Å². The maximum atomic E-state index is 12.0. The number of nitrogens with one attached hydrogen (secondary N) is 1. The molecule has 5 nitrogen and oxygen atoms in total. The summed E-state index contributed by atoms with van der Waals surface area (Å²) in [5, 5.41) is 12.0. The summed E-state index contributed by atoms with van der Waals surface area (Å²) in [6.45, 7) is 3.41. The summed E-state index contributed by atoms with van der Waals surface area (Å²) in [6.07, 6.45) is -0.202. The van der Waals surface area contributed by atoms with Crippen LogP contribution < -0.4 is 5.32 Å². The number of aliphatic hydroxyl groups is 1. The molecule has 0 bridgehead atoms. The molecule has 20 heavy (non-hydrogen) atoms. The normalized spacial score (nSPS) is 23.6. The average molecular weight is 343 g/mol. The van der Waals surface area contributed by atoms with E-state index in [1.165, 1.54) is 0 Å². The number of anilines is 1. The maximum absolute atomic E-state index is 12.0. The zero-order valence-corrected chi connectivity index (χ0v) is 13.0. The number of hydrogen-bond acceptors (Lipinski definition) is 4. The Morgan fingerprint density at radius 2 is 2.20 bits per heavy atom. The van der Waals surface area contributed by atoms with Crippen molar-refractivity contribution in [1.29, 1.82) is 0 Å². The number of morpholine rings is 1. The number of hydrogen-bond donors (Lipinski definition) is 2. The molecule has 110 valence electrons. The first kappa shape index (κ1) is 15.4. The van der Waals surface area contributed by atoms with Crippen molar-refractivity contribution < 1.29 is 14.6 Å². The summed E-state index contributed by atoms with van der Waals surface area (Å²) < 4.78 is 6.43. The number of aliphatic hydroxyl groups excluding tert-OH is 1. The van der Waals surface area contributed by atoms with Gasteiger partial charge in [-0.25, -0.2) is 0 Å². The Balaban J connectivity index is 1.88. The lowest BCUT2D eigenvalue weighted by Gasteiger charge is -2.36. The van der Waals surface area contributed by atoms with Crippen LogP contribution in [0, 0.1) is 0 Å². The zero-order chi connectivity index (χ0) is 14.5. The van der Waals surface area contributed by atoms with E-state index in [0.717, 1.165) is 10.2 Å². The van der Waals surface area contributed by atoms with E-state index in [2.05, 4.69) is 21.2 Å². The van der Waals surface area contributed by atoms with Gasteiger partial charge in [0.05, 0.1) is 25.9 Å². The molecule has 2 N–H and O–H groups in total. The topological polar surface area (TPSA) is 61.8 Å². The highest BCUT2D eigenvalue weighted by molar-refractivity contribution is 9.10. The van der Waals surface area contributed by atoms with Gasteiger partial charge in [-0.15, -0.1) is 0 Å². The Morgan fingerprint density at radius 1 is 1.50 bits per heavy atom. The minimum Gasteiger partial charge on any atom is -0.394 e. The molecule has 6 heteroatoms. The van der Waals surface area contributed by atoms with E-state index in [1.54, 1.807) is 0 Å². The molecule has 2 atom stereocenters. The SMILES string of the molecule is CC1COC(CO)CN1CC(=O)Nc1ccc(Br)cc1. The molecule has 2 unspecified atom stereocenters. The van der Waals surface area contributed by atoms with Crippen molar-refractivity contribution in [3.05, 3.63) is 28.7 Å². The van der Waals surface area contributed by atoms with Crippen LogP contribution in [-0.4, -0.2) is 54.4 Å². The Morgan fingerprint density at radius 3 is 2.85 bits per heavy atom. The number of nitrogens with zero attached hydrogens (tertiary/aromatic N) is 1. The predicted molar refractivity (Wildman–Crippen MR) is 80.6 cm³/mol. The third-order valence-corrected chi connectivity index (χ3v) is 3.84. The van der Waals surface area contributed by atoms with E-state index < -0.39 is 0 Å². The molecule has 0 aromatic heterocycles. The fraction of sp³-hybridized carbons (Fsp3) is 0.500. The van der Waals surface area contributed by atoms with Crippen molar-refractivity contribution in [3.63, 3.8) is 0 Å². The maximum Gasteiger partial charge on any atom is 0.238 e. The molecule has 1 amide bonds. The first-order chi connectivity index (χ1) is 9.58. The molecule has 1 saturated heterocycles. The fourth-order valence-corrected chi connectivity index (χ4v) is 2.39. The van der Waals surface area contributed by atoms with Gasteiger partial charge in [0.25, 0.3) is 0 Å². The third kappa shape index (κ3) is 4.28. The van der Waals surface area contributed by atoms with Crippen LogP contribution in [0.3, 0.4) is 0 Å². The zero-order valence-electron chi connectivity index (χ0n) is 11.4. The largest absolute Gasteiger partial charge is 0.394 e. The van der Waals surface area contributed by atoms with E-state index in [4.69, 9.17) is 9.84 Å². The number of benzene rings is 1. The molecule has 1 aromatic rings. The summed E-state index contributed by atoms with van der Waals surface area (Å²) >= 11 is 3.36. The highest BCUT2D eigenvalue weighted by Gasteiger charge is 2.26. The molecule has 2 rings (SSSR count). The predicted octanol–water partition coefficient (Wildman–Crippen LogP) is 1.47. The minimum atomic E-state index is -0.202. The number of halogens is 1. The molecular formula is C14H19BrN2O3. The van der Waals surface area contributed by atoms with E-state index >= 15 is 0 Å². The van der Waals surface area contributed by atoms with Crippen molar-refractivity contribution in [2.75, 3.05) is 31.6 Å². The van der Waals surface area contributed by atoms with Crippen LogP contribution in [0.1, 0.15) is 6.92 Å². The average Bonchev–Trinajstić information content (AvgIpc) is 2.44. The second-order valence-corrected chi connectivity index (χ2v) is 5.89. The van der Waals surface area contributed by atoms with Crippen molar-refractivity contribution >= 4 is 27.5 Å². The van der Waals surface area contributed by atoms with Gasteiger partial charge in [0, 0.05) is 22.7 Å². The van der Waals surface area contributed by atoms with Crippen molar-refractivity contribution in [2.24, 2.45) is 0 Å². The van der Waals surface area contributed by atoms with Crippen LogP contribution in [0.4, 0.5) is 5.69 Å². The summed E-state index contributed by atoms with van der Waals surface area (Å²) in [4.78, 5) is 14.1. The molecule has 0 saturated carbocycles. The van der Waals surface area contributed by atoms with Crippen LogP contribution in [0.15, 0.2) is 28.7 Å². The van der Waals surface area contributed by atoms with Gasteiger partial charge in [-0.3, -0.25) is 9.69 Å². The van der Waals surface area contributed by atoms with E-state index in [0.29, 0.717) is 19.7 Å². The molecular weight excluding hydrogens is 324 g/mol. The van der Waals surface area contributed by atoms with Crippen molar-refractivity contribution in [3.8, 4) is 0 Å². The summed E-state index contributed by atoms with van der Waals surface area (Å²) in [7, 11) is 0. The fourth-order valence-electron chi connectivity index (χ4n) is 2.12. The number of carbonyl (C=O) groups excluding carboxylic acids is 1. The second kappa shape index (κ2) is 7.17. The van der Waals surface area contributed by atoms with E-state index in [-0.39, 0.29) is 24.7 Å². The van der Waals surface area contributed by atoms with E-state index in [9.17, 15) is 4.79 Å². The molecule has 1 aliphatic heterocycles. The molecule has 1 aromatic carbocycles. The van der Waals surface area contributed by atoms with Crippen molar-refractivity contribution in [2.45, 2.75) is 19.1 Å². The van der Waals surface area contributed by atoms with Gasteiger partial charge in [-0.2, -0.15) is 0 Å². The third-order valence-electron chi connectivity index (χ3n) is 3.31. The molecule has 1 fully saturated rings. The van der Waals surface area contributed by atoms with Crippen LogP contribution >= 0.6 is 15.9 Å². The lowest BCUT2D eigenvalue weighted by atomic mass is 10.2. The Kier molecular flexibility index (Phi) is 5.54. The Labute approximate surface area is 127 Å². The quantitative estimate of drug-likeness (QED) is 0.869. The Hall–Kier alpha value is -0.950. The summed E-state index contributed by atoms with van der Waals surface area (Å²) in [5.74, 6) is -0.0576. The van der Waals surface area contributed by atoms with Crippen LogP contribution in [0.25, 0.3) is 0 Å². The van der Waals surface area contributed by atoms with Gasteiger partial charge in [-0.1, -0.05) is 15.9 Å². The van der Waals surface area contributed by atoms with Gasteiger partial charge in [0.2, 0.25) is 5.91 Å². The lowest BCUT2D eigenvalue weighted by molar-refractivity contribution is -0.122. The summed E-state index contributed by atoms with van der Waals surface area (Å²) in [6, 6.07) is 7.64. The van der Waals surface area contributed by atoms with Gasteiger partial charge >= 0.3 is 0 Å². The molecule has 0 radical (unpaired) electrons. The number of carbonyl (C=O) groups is 1. The van der Waals surface area contributed by atoms with Crippen molar-refractivity contribution in [1.82, 2.24) is 4.90 Å². The Bertz CT molecular complexity index is 452.